The molecule has 0 radical (unpaired) electrons. The third-order valence-corrected chi connectivity index (χ3v) is 6.40. The van der Waals surface area contributed by atoms with E-state index in [9.17, 15) is 9.59 Å². The lowest BCUT2D eigenvalue weighted by Gasteiger charge is -2.38. The van der Waals surface area contributed by atoms with Gasteiger partial charge in [-0.1, -0.05) is 0 Å². The minimum atomic E-state index is -0.642. The van der Waals surface area contributed by atoms with E-state index < -0.39 is 11.8 Å². The number of likely N-dealkylation sites (tertiary alicyclic amines) is 1. The highest BCUT2D eigenvalue weighted by Gasteiger charge is 2.40. The number of H-pyrrole nitrogens is 1. The first-order chi connectivity index (χ1) is 16.4. The summed E-state index contributed by atoms with van der Waals surface area (Å²) in [6.07, 6.45) is 6.99. The summed E-state index contributed by atoms with van der Waals surface area (Å²) < 4.78 is 11.3. The van der Waals surface area contributed by atoms with Crippen LogP contribution in [0, 0.1) is 0 Å². The first kappa shape index (κ1) is 24.0. The zero-order valence-corrected chi connectivity index (χ0v) is 20.3. The van der Waals surface area contributed by atoms with Gasteiger partial charge in [0.2, 0.25) is 11.7 Å². The monoisotopic (exact) mass is 467 g/mol. The van der Waals surface area contributed by atoms with Crippen molar-refractivity contribution in [2.75, 3.05) is 53.9 Å². The SMILES string of the molecule is CCOC(=O)C1=C(N2CCC(N(C)CCN(C)C)CC2)O/C(=C\c2c[nH]c3ncccc23)C1=O. The van der Waals surface area contributed by atoms with E-state index in [0.717, 1.165) is 42.5 Å². The fraction of sp³-hybridized carbons (Fsp3) is 0.480. The number of rotatable bonds is 8. The predicted octanol–water partition coefficient (Wildman–Crippen LogP) is 2.24. The number of hydrogen-bond acceptors (Lipinski definition) is 8. The van der Waals surface area contributed by atoms with Crippen molar-refractivity contribution < 1.29 is 19.1 Å². The van der Waals surface area contributed by atoms with Crippen molar-refractivity contribution >= 4 is 28.9 Å². The second-order valence-electron chi connectivity index (χ2n) is 8.99. The van der Waals surface area contributed by atoms with Gasteiger partial charge in [-0.05, 0) is 59.1 Å². The minimum absolute atomic E-state index is 0.0227. The number of allylic oxidation sites excluding steroid dienone is 1. The Labute approximate surface area is 200 Å². The van der Waals surface area contributed by atoms with Gasteiger partial charge in [0.05, 0.1) is 6.61 Å². The second-order valence-corrected chi connectivity index (χ2v) is 8.99. The van der Waals surface area contributed by atoms with Crippen LogP contribution in [0.4, 0.5) is 0 Å². The molecule has 0 spiro atoms. The van der Waals surface area contributed by atoms with Crippen LogP contribution in [0.2, 0.25) is 0 Å². The predicted molar refractivity (Wildman–Crippen MR) is 130 cm³/mol. The molecular weight excluding hydrogens is 434 g/mol. The molecule has 4 heterocycles. The molecule has 0 unspecified atom stereocenters. The van der Waals surface area contributed by atoms with Gasteiger partial charge >= 0.3 is 5.97 Å². The number of aromatic nitrogens is 2. The summed E-state index contributed by atoms with van der Waals surface area (Å²) >= 11 is 0. The van der Waals surface area contributed by atoms with E-state index in [4.69, 9.17) is 9.47 Å². The number of aromatic amines is 1. The van der Waals surface area contributed by atoms with Crippen LogP contribution < -0.4 is 0 Å². The Balaban J connectivity index is 1.54. The first-order valence-electron chi connectivity index (χ1n) is 11.8. The summed E-state index contributed by atoms with van der Waals surface area (Å²) in [4.78, 5) is 39.9. The number of pyridine rings is 1. The Morgan fingerprint density at radius 2 is 2.06 bits per heavy atom. The maximum Gasteiger partial charge on any atom is 0.347 e. The zero-order chi connectivity index (χ0) is 24.2. The highest BCUT2D eigenvalue weighted by atomic mass is 16.5. The lowest BCUT2D eigenvalue weighted by Crippen LogP contribution is -2.45. The molecule has 0 bridgehead atoms. The molecule has 0 aliphatic carbocycles. The third kappa shape index (κ3) is 5.00. The number of hydrogen-bond donors (Lipinski definition) is 1. The number of carbonyl (C=O) groups excluding carboxylic acids is 2. The van der Waals surface area contributed by atoms with Gasteiger partial charge in [-0.3, -0.25) is 4.79 Å². The van der Waals surface area contributed by atoms with Crippen LogP contribution in [0.15, 0.2) is 41.7 Å². The van der Waals surface area contributed by atoms with E-state index >= 15 is 0 Å². The highest BCUT2D eigenvalue weighted by Crippen LogP contribution is 2.33. The Bertz CT molecular complexity index is 1110. The first-order valence-corrected chi connectivity index (χ1v) is 11.8. The molecule has 2 aliphatic heterocycles. The zero-order valence-electron chi connectivity index (χ0n) is 20.3. The van der Waals surface area contributed by atoms with Crippen molar-refractivity contribution in [1.82, 2.24) is 24.7 Å². The summed E-state index contributed by atoms with van der Waals surface area (Å²) in [6.45, 7) is 5.32. The normalized spacial score (nSPS) is 18.6. The Hall–Kier alpha value is -3.17. The largest absolute Gasteiger partial charge is 0.462 e. The summed E-state index contributed by atoms with van der Waals surface area (Å²) in [6, 6.07) is 4.21. The third-order valence-electron chi connectivity index (χ3n) is 6.40. The van der Waals surface area contributed by atoms with E-state index in [2.05, 4.69) is 40.9 Å². The van der Waals surface area contributed by atoms with Gasteiger partial charge in [-0.2, -0.15) is 0 Å². The Morgan fingerprint density at radius 1 is 1.29 bits per heavy atom. The van der Waals surface area contributed by atoms with E-state index in [0.29, 0.717) is 25.0 Å². The van der Waals surface area contributed by atoms with Crippen molar-refractivity contribution in [3.63, 3.8) is 0 Å². The van der Waals surface area contributed by atoms with Gasteiger partial charge in [-0.25, -0.2) is 9.78 Å². The molecule has 34 heavy (non-hydrogen) atoms. The summed E-state index contributed by atoms with van der Waals surface area (Å²) in [5, 5.41) is 0.874. The van der Waals surface area contributed by atoms with Gasteiger partial charge in [0, 0.05) is 55.6 Å². The maximum absolute atomic E-state index is 13.2. The van der Waals surface area contributed by atoms with Gasteiger partial charge in [0.1, 0.15) is 5.65 Å². The fourth-order valence-electron chi connectivity index (χ4n) is 4.41. The van der Waals surface area contributed by atoms with Gasteiger partial charge < -0.3 is 29.2 Å². The van der Waals surface area contributed by atoms with Crippen molar-refractivity contribution in [2.24, 2.45) is 0 Å². The molecular formula is C25H33N5O4. The smallest absolute Gasteiger partial charge is 0.347 e. The number of ether oxygens (including phenoxy) is 2. The molecule has 182 valence electrons. The molecule has 9 heteroatoms. The van der Waals surface area contributed by atoms with Crippen molar-refractivity contribution in [2.45, 2.75) is 25.8 Å². The summed E-state index contributed by atoms with van der Waals surface area (Å²) in [5.74, 6) is -0.663. The molecule has 4 rings (SSSR count). The average Bonchev–Trinajstić information content (AvgIpc) is 3.39. The molecule has 1 saturated heterocycles. The number of nitrogens with one attached hydrogen (secondary N) is 1. The lowest BCUT2D eigenvalue weighted by atomic mass is 10.0. The maximum atomic E-state index is 13.2. The summed E-state index contributed by atoms with van der Waals surface area (Å²) in [5.41, 5.74) is 1.47. The van der Waals surface area contributed by atoms with E-state index in [1.165, 1.54) is 0 Å². The molecule has 2 aliphatic rings. The van der Waals surface area contributed by atoms with Gasteiger partial charge in [0.15, 0.2) is 11.3 Å². The van der Waals surface area contributed by atoms with Crippen LogP contribution in [0.1, 0.15) is 25.3 Å². The van der Waals surface area contributed by atoms with E-state index in [1.54, 1.807) is 25.4 Å². The van der Waals surface area contributed by atoms with Crippen LogP contribution >= 0.6 is 0 Å². The molecule has 9 nitrogen and oxygen atoms in total. The molecule has 0 amide bonds. The molecule has 0 aromatic carbocycles. The fourth-order valence-corrected chi connectivity index (χ4v) is 4.41. The molecule has 2 aromatic heterocycles. The molecule has 0 atom stereocenters. The van der Waals surface area contributed by atoms with Crippen LogP contribution in [0.5, 0.6) is 0 Å². The Kier molecular flexibility index (Phi) is 7.33. The number of fused-ring (bicyclic) bond motifs is 1. The average molecular weight is 468 g/mol. The molecule has 1 N–H and O–H groups in total. The highest BCUT2D eigenvalue weighted by molar-refractivity contribution is 6.26. The number of Topliss-reactive ketones (excluding diaryl/α,β-unsaturated/α-hetero) is 1. The second kappa shape index (κ2) is 10.4. The van der Waals surface area contributed by atoms with E-state index in [1.807, 2.05) is 17.0 Å². The number of likely N-dealkylation sites (N-methyl/N-ethyl adjacent to an activating group) is 2. The van der Waals surface area contributed by atoms with Crippen molar-refractivity contribution in [1.29, 1.82) is 0 Å². The van der Waals surface area contributed by atoms with Crippen LogP contribution in [-0.2, 0) is 19.1 Å². The number of piperidine rings is 1. The standard InChI is InChI=1S/C25H33N5O4/c1-5-33-25(32)21-22(31)20(15-17-16-27-23-19(17)7-6-10-26-23)34-24(21)30-11-8-18(9-12-30)29(4)14-13-28(2)3/h6-7,10,15-16,18H,5,8-9,11-14H2,1-4H3,(H,26,27)/b20-15-. The Morgan fingerprint density at radius 3 is 2.76 bits per heavy atom. The number of esters is 1. The van der Waals surface area contributed by atoms with Crippen LogP contribution in [0.3, 0.4) is 0 Å². The van der Waals surface area contributed by atoms with Crippen molar-refractivity contribution in [3.8, 4) is 0 Å². The lowest BCUT2D eigenvalue weighted by molar-refractivity contribution is -0.139. The van der Waals surface area contributed by atoms with Crippen molar-refractivity contribution in [3.05, 3.63) is 47.3 Å². The minimum Gasteiger partial charge on any atom is -0.462 e. The number of carbonyl (C=O) groups is 2. The van der Waals surface area contributed by atoms with E-state index in [-0.39, 0.29) is 17.9 Å². The molecule has 1 fully saturated rings. The molecule has 2 aromatic rings. The molecule has 0 saturated carbocycles. The number of nitrogens with zero attached hydrogens (tertiary/aromatic N) is 4. The topological polar surface area (TPSA) is 91.0 Å². The van der Waals surface area contributed by atoms with Crippen LogP contribution in [-0.4, -0.2) is 96.4 Å². The van der Waals surface area contributed by atoms with Gasteiger partial charge in [-0.15, -0.1) is 0 Å². The quantitative estimate of drug-likeness (QED) is 0.359. The van der Waals surface area contributed by atoms with Crippen LogP contribution in [0.25, 0.3) is 17.1 Å². The number of ketones is 1. The summed E-state index contributed by atoms with van der Waals surface area (Å²) in [7, 11) is 6.30. The van der Waals surface area contributed by atoms with Gasteiger partial charge in [0.25, 0.3) is 0 Å².